The molecule has 0 spiro atoms. The van der Waals surface area contributed by atoms with Gasteiger partial charge in [-0.25, -0.2) is 9.37 Å². The van der Waals surface area contributed by atoms with Crippen molar-refractivity contribution >= 4 is 34.0 Å². The fraction of sp³-hybridized carbons (Fsp3) is 0.381. The number of hydrogen-bond acceptors (Lipinski definition) is 9. The van der Waals surface area contributed by atoms with Crippen molar-refractivity contribution < 1.29 is 23.8 Å². The number of ether oxygens (including phenoxy) is 2. The van der Waals surface area contributed by atoms with Crippen LogP contribution in [-0.2, 0) is 0 Å². The van der Waals surface area contributed by atoms with Gasteiger partial charge in [-0.2, -0.15) is 0 Å². The third-order valence-corrected chi connectivity index (χ3v) is 6.20. The minimum absolute atomic E-state index is 0.00490. The van der Waals surface area contributed by atoms with E-state index in [4.69, 9.17) is 21.1 Å². The Hall–Kier alpha value is -2.89. The topological polar surface area (TPSA) is 119 Å². The summed E-state index contributed by atoms with van der Waals surface area (Å²) >= 11 is 6.94. The molecule has 1 aliphatic rings. The second-order valence-electron chi connectivity index (χ2n) is 7.57. The number of nitrogens with zero attached hydrogens (tertiary/aromatic N) is 4. The summed E-state index contributed by atoms with van der Waals surface area (Å²) in [6, 6.07) is 1.56. The molecule has 0 bridgehead atoms. The van der Waals surface area contributed by atoms with Crippen molar-refractivity contribution in [3.8, 4) is 22.1 Å². The van der Waals surface area contributed by atoms with E-state index in [0.29, 0.717) is 17.3 Å². The number of carbonyl (C=O) groups is 1. The smallest absolute Gasteiger partial charge is 0.296 e. The molecule has 0 saturated heterocycles. The molecule has 1 saturated carbocycles. The lowest BCUT2D eigenvalue weighted by Crippen LogP contribution is -2.28. The Kier molecular flexibility index (Phi) is 7.01. The van der Waals surface area contributed by atoms with Gasteiger partial charge in [0, 0.05) is 23.9 Å². The normalized spacial score (nSPS) is 18.1. The SMILES string of the molecule is COc1cnc(Cl)c(F)c1-c1cc(C)ncc1C(=O)Nc1nnc(O[C@@H]2CCC[C@H](O)C2)s1. The maximum atomic E-state index is 14.9. The Morgan fingerprint density at radius 2 is 2.12 bits per heavy atom. The quantitative estimate of drug-likeness (QED) is 0.494. The van der Waals surface area contributed by atoms with E-state index < -0.39 is 11.7 Å². The highest BCUT2D eigenvalue weighted by molar-refractivity contribution is 7.17. The molecule has 0 aromatic carbocycles. The fourth-order valence-electron chi connectivity index (χ4n) is 3.64. The lowest BCUT2D eigenvalue weighted by atomic mass is 9.95. The second-order valence-corrected chi connectivity index (χ2v) is 8.86. The number of aliphatic hydroxyl groups is 1. The van der Waals surface area contributed by atoms with Gasteiger partial charge in [0.05, 0.1) is 30.5 Å². The number of carbonyl (C=O) groups excluding carboxylic acids is 1. The van der Waals surface area contributed by atoms with Crippen LogP contribution in [0.25, 0.3) is 11.1 Å². The summed E-state index contributed by atoms with van der Waals surface area (Å²) in [6.45, 7) is 1.72. The van der Waals surface area contributed by atoms with Crippen LogP contribution in [0.15, 0.2) is 18.5 Å². The number of pyridine rings is 2. The summed E-state index contributed by atoms with van der Waals surface area (Å²) in [5.74, 6) is -1.25. The summed E-state index contributed by atoms with van der Waals surface area (Å²) in [4.78, 5) is 21.0. The van der Waals surface area contributed by atoms with Crippen molar-refractivity contribution in [2.75, 3.05) is 12.4 Å². The van der Waals surface area contributed by atoms with Crippen LogP contribution in [0.3, 0.4) is 0 Å². The molecule has 1 aliphatic carbocycles. The third kappa shape index (κ3) is 5.21. The van der Waals surface area contributed by atoms with Crippen LogP contribution in [0.2, 0.25) is 5.15 Å². The maximum Gasteiger partial charge on any atom is 0.296 e. The molecule has 2 atom stereocenters. The molecule has 1 amide bonds. The zero-order valence-corrected chi connectivity index (χ0v) is 19.4. The summed E-state index contributed by atoms with van der Waals surface area (Å²) < 4.78 is 25.9. The minimum atomic E-state index is -0.808. The molecule has 1 fully saturated rings. The van der Waals surface area contributed by atoms with E-state index in [1.54, 1.807) is 13.0 Å². The van der Waals surface area contributed by atoms with Crippen molar-refractivity contribution in [1.29, 1.82) is 0 Å². The molecule has 0 aliphatic heterocycles. The standard InChI is InChI=1S/C21H21ClFN5O4S/c1-10-6-13(16-15(31-2)9-25-18(22)17(16)23)14(8-24-10)19(30)26-20-27-28-21(33-20)32-12-5-3-4-11(29)7-12/h6,8-9,11-12,29H,3-5,7H2,1-2H3,(H,26,27,30)/t11-,12+/m0/s1. The molecule has 0 radical (unpaired) electrons. The van der Waals surface area contributed by atoms with Crippen molar-refractivity contribution in [1.82, 2.24) is 20.2 Å². The summed E-state index contributed by atoms with van der Waals surface area (Å²) in [5, 5.41) is 20.5. The van der Waals surface area contributed by atoms with E-state index in [1.807, 2.05) is 0 Å². The van der Waals surface area contributed by atoms with Gasteiger partial charge in [0.2, 0.25) is 5.13 Å². The lowest BCUT2D eigenvalue weighted by molar-refractivity contribution is 0.0531. The van der Waals surface area contributed by atoms with Crippen molar-refractivity contribution in [3.63, 3.8) is 0 Å². The summed E-state index contributed by atoms with van der Waals surface area (Å²) in [6.07, 6.45) is 5.08. The van der Waals surface area contributed by atoms with Gasteiger partial charge in [0.1, 0.15) is 11.9 Å². The van der Waals surface area contributed by atoms with Gasteiger partial charge in [-0.3, -0.25) is 15.1 Å². The van der Waals surface area contributed by atoms with Crippen LogP contribution in [0, 0.1) is 12.7 Å². The Balaban J connectivity index is 1.58. The molecule has 12 heteroatoms. The molecular formula is C21H21ClFN5O4S. The molecule has 9 nitrogen and oxygen atoms in total. The molecule has 3 heterocycles. The summed E-state index contributed by atoms with van der Waals surface area (Å²) in [7, 11) is 1.37. The van der Waals surface area contributed by atoms with Crippen molar-refractivity contribution in [2.24, 2.45) is 0 Å². The number of amides is 1. The van der Waals surface area contributed by atoms with Gasteiger partial charge >= 0.3 is 0 Å². The monoisotopic (exact) mass is 493 g/mol. The van der Waals surface area contributed by atoms with Crippen LogP contribution in [-0.4, -0.2) is 50.5 Å². The zero-order valence-electron chi connectivity index (χ0n) is 17.8. The van der Waals surface area contributed by atoms with Crippen LogP contribution in [0.1, 0.15) is 41.7 Å². The fourth-order valence-corrected chi connectivity index (χ4v) is 4.44. The molecule has 33 heavy (non-hydrogen) atoms. The van der Waals surface area contributed by atoms with Crippen molar-refractivity contribution in [2.45, 2.75) is 44.8 Å². The van der Waals surface area contributed by atoms with Gasteiger partial charge in [0.15, 0.2) is 11.0 Å². The van der Waals surface area contributed by atoms with Gasteiger partial charge in [0.25, 0.3) is 11.1 Å². The predicted molar refractivity (Wildman–Crippen MR) is 120 cm³/mol. The number of halogens is 2. The minimum Gasteiger partial charge on any atom is -0.494 e. The molecular weight excluding hydrogens is 473 g/mol. The van der Waals surface area contributed by atoms with E-state index in [9.17, 15) is 14.3 Å². The largest absolute Gasteiger partial charge is 0.494 e. The second kappa shape index (κ2) is 9.94. The first-order valence-electron chi connectivity index (χ1n) is 10.2. The number of aliphatic hydroxyl groups excluding tert-OH is 1. The van der Waals surface area contributed by atoms with Crippen LogP contribution < -0.4 is 14.8 Å². The number of aromatic nitrogens is 4. The number of methoxy groups -OCH3 is 1. The molecule has 3 aromatic rings. The predicted octanol–water partition coefficient (Wildman–Crippen LogP) is 4.04. The number of nitrogens with one attached hydrogen (secondary N) is 1. The van der Waals surface area contributed by atoms with Crippen LogP contribution >= 0.6 is 22.9 Å². The Bertz CT molecular complexity index is 1180. The van der Waals surface area contributed by atoms with Gasteiger partial charge in [-0.05, 0) is 43.6 Å². The van der Waals surface area contributed by atoms with Gasteiger partial charge in [-0.1, -0.05) is 16.7 Å². The van der Waals surface area contributed by atoms with E-state index >= 15 is 0 Å². The Labute approximate surface area is 198 Å². The highest BCUT2D eigenvalue weighted by Crippen LogP contribution is 2.37. The van der Waals surface area contributed by atoms with E-state index in [0.717, 1.165) is 30.6 Å². The molecule has 0 unspecified atom stereocenters. The average Bonchev–Trinajstić information content (AvgIpc) is 3.21. The molecule has 2 N–H and O–H groups in total. The van der Waals surface area contributed by atoms with E-state index in [1.165, 1.54) is 19.5 Å². The maximum absolute atomic E-state index is 14.9. The van der Waals surface area contributed by atoms with Crippen LogP contribution in [0.5, 0.6) is 10.9 Å². The number of rotatable bonds is 6. The number of aryl methyl sites for hydroxylation is 1. The van der Waals surface area contributed by atoms with Gasteiger partial charge in [-0.15, -0.1) is 5.10 Å². The van der Waals surface area contributed by atoms with Crippen LogP contribution in [0.4, 0.5) is 9.52 Å². The first-order chi connectivity index (χ1) is 15.9. The molecule has 174 valence electrons. The van der Waals surface area contributed by atoms with E-state index in [-0.39, 0.29) is 44.9 Å². The average molecular weight is 494 g/mol. The highest BCUT2D eigenvalue weighted by Gasteiger charge is 2.25. The summed E-state index contributed by atoms with van der Waals surface area (Å²) in [5.41, 5.74) is 0.909. The van der Waals surface area contributed by atoms with E-state index in [2.05, 4.69) is 25.5 Å². The van der Waals surface area contributed by atoms with Gasteiger partial charge < -0.3 is 14.6 Å². The number of hydrogen-bond donors (Lipinski definition) is 2. The molecule has 4 rings (SSSR count). The first-order valence-corrected chi connectivity index (χ1v) is 11.4. The zero-order chi connectivity index (χ0) is 23.5. The van der Waals surface area contributed by atoms with Crippen molar-refractivity contribution in [3.05, 3.63) is 40.7 Å². The first kappa shape index (κ1) is 23.3. The number of anilines is 1. The Morgan fingerprint density at radius 3 is 2.88 bits per heavy atom. The highest BCUT2D eigenvalue weighted by atomic mass is 35.5. The lowest BCUT2D eigenvalue weighted by Gasteiger charge is -2.25. The third-order valence-electron chi connectivity index (χ3n) is 5.21. The molecule has 3 aromatic heterocycles. The Morgan fingerprint density at radius 1 is 1.30 bits per heavy atom.